The number of pyridine rings is 2. The minimum Gasteiger partial charge on any atom is -0.316 e. The van der Waals surface area contributed by atoms with Crippen LogP contribution in [0.1, 0.15) is 0 Å². The van der Waals surface area contributed by atoms with Crippen molar-refractivity contribution in [1.82, 2.24) is 19.1 Å². The molecule has 5 heterocycles. The van der Waals surface area contributed by atoms with Crippen LogP contribution in [0, 0.1) is 0 Å². The van der Waals surface area contributed by atoms with Crippen LogP contribution in [0.15, 0.2) is 134 Å². The summed E-state index contributed by atoms with van der Waals surface area (Å²) in [5.74, 6) is 0.895. The number of hydrogen-bond acceptors (Lipinski definition) is 3. The van der Waals surface area contributed by atoms with Crippen LogP contribution in [0.2, 0.25) is 0 Å². The van der Waals surface area contributed by atoms with E-state index in [1.54, 1.807) is 6.20 Å². The van der Waals surface area contributed by atoms with Crippen molar-refractivity contribution in [3.05, 3.63) is 134 Å². The number of para-hydroxylation sites is 1. The standard InChI is InChI=1S/C36H22N4S/c1-2-9-25(10-3-1)39-19-17-23-20-28-26-15-16-33-35(27-11-4-5-13-32(27)41-33)36(26)40(31(28)21-30(23)39)34-14-6-12-29(38-34)24-8-7-18-37-22-24/h1-22H. The summed E-state index contributed by atoms with van der Waals surface area (Å²) in [7, 11) is 0. The van der Waals surface area contributed by atoms with E-state index in [0.29, 0.717) is 0 Å². The minimum absolute atomic E-state index is 0.895. The van der Waals surface area contributed by atoms with Crippen LogP contribution in [-0.2, 0) is 0 Å². The Morgan fingerprint density at radius 1 is 0.634 bits per heavy atom. The van der Waals surface area contributed by atoms with E-state index < -0.39 is 0 Å². The highest BCUT2D eigenvalue weighted by atomic mass is 32.1. The average molecular weight is 543 g/mol. The SMILES string of the molecule is c1ccc(-n2ccc3cc4c5ccc6sc7ccccc7c6c5n(-c5cccc(-c6cccnc6)n5)c4cc32)cc1. The van der Waals surface area contributed by atoms with Crippen molar-refractivity contribution < 1.29 is 0 Å². The summed E-state index contributed by atoms with van der Waals surface area (Å²) in [5.41, 5.74) is 6.56. The molecule has 5 aromatic heterocycles. The third kappa shape index (κ3) is 3.33. The van der Waals surface area contributed by atoms with Gasteiger partial charge in [0.15, 0.2) is 0 Å². The van der Waals surface area contributed by atoms with Crippen molar-refractivity contribution in [1.29, 1.82) is 0 Å². The van der Waals surface area contributed by atoms with E-state index in [2.05, 4.69) is 130 Å². The van der Waals surface area contributed by atoms with E-state index in [-0.39, 0.29) is 0 Å². The maximum absolute atomic E-state index is 5.22. The van der Waals surface area contributed by atoms with E-state index >= 15 is 0 Å². The number of benzene rings is 4. The molecule has 0 aliphatic heterocycles. The van der Waals surface area contributed by atoms with Gasteiger partial charge >= 0.3 is 0 Å². The summed E-state index contributed by atoms with van der Waals surface area (Å²) >= 11 is 1.85. The molecule has 0 saturated heterocycles. The molecule has 0 amide bonds. The zero-order chi connectivity index (χ0) is 26.9. The van der Waals surface area contributed by atoms with Crippen LogP contribution in [-0.4, -0.2) is 19.1 Å². The van der Waals surface area contributed by atoms with E-state index in [0.717, 1.165) is 28.3 Å². The predicted molar refractivity (Wildman–Crippen MR) is 172 cm³/mol. The molecular formula is C36H22N4S. The molecule has 9 aromatic rings. The highest BCUT2D eigenvalue weighted by Crippen LogP contribution is 2.44. The second-order valence-corrected chi connectivity index (χ2v) is 11.4. The van der Waals surface area contributed by atoms with Gasteiger partial charge in [-0.05, 0) is 66.7 Å². The maximum atomic E-state index is 5.22. The molecule has 4 aromatic carbocycles. The molecule has 41 heavy (non-hydrogen) atoms. The van der Waals surface area contributed by atoms with E-state index in [1.807, 2.05) is 23.6 Å². The lowest BCUT2D eigenvalue weighted by Gasteiger charge is -2.11. The Morgan fingerprint density at radius 2 is 1.54 bits per heavy atom. The first-order valence-corrected chi connectivity index (χ1v) is 14.5. The molecule has 0 aliphatic carbocycles. The Labute approximate surface area is 239 Å². The quantitative estimate of drug-likeness (QED) is 0.223. The molecule has 0 atom stereocenters. The Balaban J connectivity index is 1.45. The van der Waals surface area contributed by atoms with Crippen LogP contribution in [0.4, 0.5) is 0 Å². The van der Waals surface area contributed by atoms with Gasteiger partial charge in [-0.2, -0.15) is 0 Å². The smallest absolute Gasteiger partial charge is 0.138 e. The van der Waals surface area contributed by atoms with Crippen LogP contribution in [0.25, 0.3) is 75.6 Å². The summed E-state index contributed by atoms with van der Waals surface area (Å²) in [6.45, 7) is 0. The largest absolute Gasteiger partial charge is 0.316 e. The summed E-state index contributed by atoms with van der Waals surface area (Å²) in [5, 5.41) is 6.24. The van der Waals surface area contributed by atoms with E-state index in [9.17, 15) is 0 Å². The molecule has 0 saturated carbocycles. The van der Waals surface area contributed by atoms with Crippen LogP contribution >= 0.6 is 11.3 Å². The average Bonchev–Trinajstić information content (AvgIpc) is 3.72. The van der Waals surface area contributed by atoms with Gasteiger partial charge in [0.25, 0.3) is 0 Å². The number of thiophene rings is 1. The Kier molecular flexibility index (Phi) is 4.74. The first-order valence-electron chi connectivity index (χ1n) is 13.7. The number of aromatic nitrogens is 4. The van der Waals surface area contributed by atoms with Gasteiger partial charge in [-0.1, -0.05) is 48.5 Å². The molecule has 192 valence electrons. The van der Waals surface area contributed by atoms with Gasteiger partial charge in [-0.3, -0.25) is 9.55 Å². The van der Waals surface area contributed by atoms with Crippen LogP contribution < -0.4 is 0 Å². The van der Waals surface area contributed by atoms with Gasteiger partial charge in [0.2, 0.25) is 0 Å². The van der Waals surface area contributed by atoms with Crippen LogP contribution in [0.3, 0.4) is 0 Å². The minimum atomic E-state index is 0.895. The maximum Gasteiger partial charge on any atom is 0.138 e. The molecule has 0 unspecified atom stereocenters. The molecule has 0 aliphatic rings. The number of rotatable bonds is 3. The molecule has 4 nitrogen and oxygen atoms in total. The molecule has 0 bridgehead atoms. The fourth-order valence-corrected chi connectivity index (χ4v) is 7.32. The fourth-order valence-electron chi connectivity index (χ4n) is 6.22. The zero-order valence-electron chi connectivity index (χ0n) is 21.9. The first-order chi connectivity index (χ1) is 20.3. The van der Waals surface area contributed by atoms with Gasteiger partial charge in [0.1, 0.15) is 5.82 Å². The lowest BCUT2D eigenvalue weighted by Crippen LogP contribution is -1.99. The summed E-state index contributed by atoms with van der Waals surface area (Å²) in [4.78, 5) is 9.56. The molecular weight excluding hydrogens is 520 g/mol. The number of nitrogens with zero attached hydrogens (tertiary/aromatic N) is 4. The van der Waals surface area contributed by atoms with Crippen molar-refractivity contribution in [3.63, 3.8) is 0 Å². The van der Waals surface area contributed by atoms with Crippen molar-refractivity contribution in [2.24, 2.45) is 0 Å². The van der Waals surface area contributed by atoms with Gasteiger partial charge in [0, 0.05) is 66.2 Å². The second kappa shape index (κ2) is 8.62. The Hall–Kier alpha value is -5.26. The molecule has 5 heteroatoms. The van der Waals surface area contributed by atoms with Gasteiger partial charge in [0.05, 0.1) is 22.2 Å². The van der Waals surface area contributed by atoms with Crippen molar-refractivity contribution in [2.75, 3.05) is 0 Å². The van der Waals surface area contributed by atoms with Crippen LogP contribution in [0.5, 0.6) is 0 Å². The zero-order valence-corrected chi connectivity index (χ0v) is 22.7. The van der Waals surface area contributed by atoms with Crippen molar-refractivity contribution in [3.8, 4) is 22.8 Å². The Morgan fingerprint density at radius 3 is 2.44 bits per heavy atom. The highest BCUT2D eigenvalue weighted by molar-refractivity contribution is 7.26. The summed E-state index contributed by atoms with van der Waals surface area (Å²) in [6.07, 6.45) is 5.84. The lowest BCUT2D eigenvalue weighted by atomic mass is 10.1. The van der Waals surface area contributed by atoms with Gasteiger partial charge < -0.3 is 4.57 Å². The number of fused-ring (bicyclic) bond motifs is 8. The lowest BCUT2D eigenvalue weighted by molar-refractivity contribution is 1.08. The molecule has 0 N–H and O–H groups in total. The first kappa shape index (κ1) is 22.5. The summed E-state index contributed by atoms with van der Waals surface area (Å²) in [6, 6.07) is 41.0. The van der Waals surface area contributed by atoms with E-state index in [1.165, 1.54) is 47.4 Å². The van der Waals surface area contributed by atoms with Gasteiger partial charge in [-0.25, -0.2) is 4.98 Å². The monoisotopic (exact) mass is 542 g/mol. The molecule has 0 radical (unpaired) electrons. The molecule has 0 spiro atoms. The second-order valence-electron chi connectivity index (χ2n) is 10.3. The molecule has 9 rings (SSSR count). The predicted octanol–water partition coefficient (Wildman–Crippen LogP) is 9.55. The van der Waals surface area contributed by atoms with Crippen molar-refractivity contribution in [2.45, 2.75) is 0 Å². The van der Waals surface area contributed by atoms with E-state index in [4.69, 9.17) is 4.98 Å². The fraction of sp³-hybridized carbons (Fsp3) is 0. The summed E-state index contributed by atoms with van der Waals surface area (Å²) < 4.78 is 7.22. The number of hydrogen-bond donors (Lipinski definition) is 0. The third-order valence-corrected chi connectivity index (χ3v) is 9.17. The Bertz CT molecular complexity index is 2410. The topological polar surface area (TPSA) is 35.6 Å². The molecule has 0 fully saturated rings. The highest BCUT2D eigenvalue weighted by Gasteiger charge is 2.20. The normalized spacial score (nSPS) is 11.9. The van der Waals surface area contributed by atoms with Crippen molar-refractivity contribution >= 4 is 64.2 Å². The third-order valence-electron chi connectivity index (χ3n) is 8.03. The van der Waals surface area contributed by atoms with Gasteiger partial charge in [-0.15, -0.1) is 11.3 Å².